The number of carbonyl (C=O) groups excluding carboxylic acids is 2. The van der Waals surface area contributed by atoms with Crippen LogP contribution in [0.15, 0.2) is 29.3 Å². The number of likely N-dealkylation sites (N-methyl/N-ethyl adjacent to an activating group) is 1. The number of hydrogen-bond acceptors (Lipinski definition) is 7. The molecule has 1 aromatic heterocycles. The summed E-state index contributed by atoms with van der Waals surface area (Å²) in [6.07, 6.45) is 2.35. The van der Waals surface area contributed by atoms with E-state index in [-0.39, 0.29) is 23.3 Å². The van der Waals surface area contributed by atoms with Crippen molar-refractivity contribution in [2.75, 3.05) is 38.5 Å². The van der Waals surface area contributed by atoms with Gasteiger partial charge in [0.1, 0.15) is 12.3 Å². The van der Waals surface area contributed by atoms with Crippen LogP contribution >= 0.6 is 23.1 Å². The Morgan fingerprint density at radius 2 is 2.19 bits per heavy atom. The average molecular weight is 410 g/mol. The lowest BCUT2D eigenvalue weighted by Gasteiger charge is -2.51. The minimum absolute atomic E-state index is 0.0422. The van der Waals surface area contributed by atoms with Crippen molar-refractivity contribution in [1.82, 2.24) is 15.1 Å². The predicted molar refractivity (Wildman–Crippen MR) is 110 cm³/mol. The number of rotatable bonds is 9. The zero-order chi connectivity index (χ0) is 19.2. The van der Waals surface area contributed by atoms with Gasteiger partial charge < -0.3 is 19.9 Å². The molecule has 2 unspecified atom stereocenters. The highest BCUT2D eigenvalue weighted by Crippen LogP contribution is 2.36. The Bertz CT molecular complexity index is 674. The molecule has 2 aliphatic heterocycles. The third-order valence-electron chi connectivity index (χ3n) is 4.90. The molecule has 1 amide bonds. The van der Waals surface area contributed by atoms with E-state index in [1.54, 1.807) is 23.1 Å². The first-order valence-electron chi connectivity index (χ1n) is 9.42. The molecule has 6 nitrogen and oxygen atoms in total. The Kier molecular flexibility index (Phi) is 7.20. The number of carbonyl (C=O) groups is 2. The molecule has 2 atom stereocenters. The molecule has 1 aromatic rings. The highest BCUT2D eigenvalue weighted by Gasteiger charge is 2.44. The molecule has 0 bridgehead atoms. The number of ether oxygens (including phenoxy) is 1. The van der Waals surface area contributed by atoms with Crippen molar-refractivity contribution in [3.05, 3.63) is 34.2 Å². The summed E-state index contributed by atoms with van der Waals surface area (Å²) in [4.78, 5) is 30.0. The Morgan fingerprint density at radius 3 is 2.89 bits per heavy atom. The Labute approximate surface area is 168 Å². The third-order valence-corrected chi connectivity index (χ3v) is 7.06. The fourth-order valence-electron chi connectivity index (χ4n) is 3.30. The van der Waals surface area contributed by atoms with E-state index in [2.05, 4.69) is 24.1 Å². The first-order valence-corrected chi connectivity index (χ1v) is 11.3. The zero-order valence-electron chi connectivity index (χ0n) is 15.8. The van der Waals surface area contributed by atoms with Gasteiger partial charge in [-0.25, -0.2) is 4.79 Å². The number of nitrogens with one attached hydrogen (secondary N) is 1. The van der Waals surface area contributed by atoms with E-state index < -0.39 is 0 Å². The SMILES string of the molecule is CCN(CC)CCOC(=O)C1=CCSC2C(NC(=O)Cc3cccs3)CN12. The number of nitrogens with zero attached hydrogens (tertiary/aromatic N) is 2. The van der Waals surface area contributed by atoms with Crippen LogP contribution in [0.5, 0.6) is 0 Å². The van der Waals surface area contributed by atoms with Gasteiger partial charge in [-0.2, -0.15) is 0 Å². The molecule has 1 N–H and O–H groups in total. The van der Waals surface area contributed by atoms with Crippen LogP contribution in [0.2, 0.25) is 0 Å². The molecule has 148 valence electrons. The average Bonchev–Trinajstić information content (AvgIpc) is 3.16. The summed E-state index contributed by atoms with van der Waals surface area (Å²) >= 11 is 3.34. The lowest BCUT2D eigenvalue weighted by atomic mass is 10.1. The zero-order valence-corrected chi connectivity index (χ0v) is 17.5. The summed E-state index contributed by atoms with van der Waals surface area (Å²) in [5, 5.41) is 5.20. The van der Waals surface area contributed by atoms with Crippen LogP contribution in [0.25, 0.3) is 0 Å². The quantitative estimate of drug-likeness (QED) is 0.629. The number of esters is 1. The van der Waals surface area contributed by atoms with E-state index >= 15 is 0 Å². The molecule has 3 heterocycles. The van der Waals surface area contributed by atoms with Crippen molar-refractivity contribution in [3.63, 3.8) is 0 Å². The minimum atomic E-state index is -0.254. The van der Waals surface area contributed by atoms with Gasteiger partial charge in [0.2, 0.25) is 5.91 Å². The van der Waals surface area contributed by atoms with Crippen molar-refractivity contribution in [3.8, 4) is 0 Å². The van der Waals surface area contributed by atoms with Gasteiger partial charge in [-0.15, -0.1) is 23.1 Å². The van der Waals surface area contributed by atoms with Gasteiger partial charge >= 0.3 is 5.97 Å². The van der Waals surface area contributed by atoms with E-state index in [1.165, 1.54) is 0 Å². The molecule has 0 aromatic carbocycles. The van der Waals surface area contributed by atoms with Gasteiger partial charge in [0.25, 0.3) is 0 Å². The second-order valence-electron chi connectivity index (χ2n) is 6.56. The van der Waals surface area contributed by atoms with Crippen LogP contribution in [0, 0.1) is 0 Å². The van der Waals surface area contributed by atoms with E-state index in [9.17, 15) is 9.59 Å². The van der Waals surface area contributed by atoms with E-state index in [1.807, 2.05) is 28.5 Å². The fraction of sp³-hybridized carbons (Fsp3) is 0.579. The van der Waals surface area contributed by atoms with E-state index in [4.69, 9.17) is 4.74 Å². The Hall–Kier alpha value is -1.51. The lowest BCUT2D eigenvalue weighted by molar-refractivity contribution is -0.142. The highest BCUT2D eigenvalue weighted by atomic mass is 32.2. The van der Waals surface area contributed by atoms with Gasteiger partial charge in [0, 0.05) is 23.7 Å². The molecule has 1 saturated heterocycles. The molecule has 3 rings (SSSR count). The van der Waals surface area contributed by atoms with E-state index in [0.29, 0.717) is 25.3 Å². The summed E-state index contributed by atoms with van der Waals surface area (Å²) in [7, 11) is 0. The van der Waals surface area contributed by atoms with Crippen LogP contribution in [-0.2, 0) is 20.7 Å². The van der Waals surface area contributed by atoms with Crippen molar-refractivity contribution in [2.45, 2.75) is 31.7 Å². The molecule has 1 fully saturated rings. The molecule has 8 heteroatoms. The maximum absolute atomic E-state index is 12.4. The molecular weight excluding hydrogens is 382 g/mol. The molecule has 27 heavy (non-hydrogen) atoms. The molecular formula is C19H27N3O3S2. The van der Waals surface area contributed by atoms with Gasteiger partial charge in [-0.1, -0.05) is 19.9 Å². The number of hydrogen-bond donors (Lipinski definition) is 1. The second-order valence-corrected chi connectivity index (χ2v) is 8.74. The number of thiophene rings is 1. The van der Waals surface area contributed by atoms with Gasteiger partial charge in [-0.3, -0.25) is 4.79 Å². The van der Waals surface area contributed by atoms with Crippen molar-refractivity contribution >= 4 is 35.0 Å². The van der Waals surface area contributed by atoms with Crippen LogP contribution in [0.4, 0.5) is 0 Å². The summed E-state index contributed by atoms with van der Waals surface area (Å²) in [6, 6.07) is 4.01. The Balaban J connectivity index is 1.45. The van der Waals surface area contributed by atoms with Crippen LogP contribution in [0.1, 0.15) is 18.7 Å². The van der Waals surface area contributed by atoms with Crippen molar-refractivity contribution in [1.29, 1.82) is 0 Å². The predicted octanol–water partition coefficient (Wildman–Crippen LogP) is 1.93. The van der Waals surface area contributed by atoms with Gasteiger partial charge in [0.15, 0.2) is 0 Å². The maximum atomic E-state index is 12.4. The van der Waals surface area contributed by atoms with Crippen LogP contribution in [0.3, 0.4) is 0 Å². The second kappa shape index (κ2) is 9.61. The summed E-state index contributed by atoms with van der Waals surface area (Å²) in [6.45, 7) is 7.93. The number of thioether (sulfide) groups is 1. The topological polar surface area (TPSA) is 61.9 Å². The van der Waals surface area contributed by atoms with Crippen molar-refractivity contribution < 1.29 is 14.3 Å². The van der Waals surface area contributed by atoms with E-state index in [0.717, 1.165) is 30.3 Å². The fourth-order valence-corrected chi connectivity index (χ4v) is 5.22. The highest BCUT2D eigenvalue weighted by molar-refractivity contribution is 8.00. The standard InChI is InChI=1S/C19H27N3O3S2/c1-3-21(4-2)8-9-25-19(24)16-7-11-27-18-15(13-22(16)18)20-17(23)12-14-6-5-10-26-14/h5-7,10,15,18H,3-4,8-9,11-13H2,1-2H3,(H,20,23). The molecule has 0 spiro atoms. The van der Waals surface area contributed by atoms with Crippen molar-refractivity contribution in [2.24, 2.45) is 0 Å². The molecule has 2 aliphatic rings. The van der Waals surface area contributed by atoms with Gasteiger partial charge in [-0.05, 0) is 30.6 Å². The molecule has 0 saturated carbocycles. The summed E-state index contributed by atoms with van der Waals surface area (Å²) in [5.41, 5.74) is 0.641. The maximum Gasteiger partial charge on any atom is 0.354 e. The number of amides is 1. The minimum Gasteiger partial charge on any atom is -0.460 e. The Morgan fingerprint density at radius 1 is 1.37 bits per heavy atom. The van der Waals surface area contributed by atoms with Crippen LogP contribution < -0.4 is 5.32 Å². The summed E-state index contributed by atoms with van der Waals surface area (Å²) in [5.74, 6) is 0.551. The lowest BCUT2D eigenvalue weighted by Crippen LogP contribution is -2.66. The van der Waals surface area contributed by atoms with Crippen LogP contribution in [-0.4, -0.2) is 71.6 Å². The normalized spacial score (nSPS) is 21.3. The summed E-state index contributed by atoms with van der Waals surface area (Å²) < 4.78 is 5.47. The third kappa shape index (κ3) is 5.06. The smallest absolute Gasteiger partial charge is 0.354 e. The largest absolute Gasteiger partial charge is 0.460 e. The number of fused-ring (bicyclic) bond motifs is 1. The molecule has 0 radical (unpaired) electrons. The monoisotopic (exact) mass is 409 g/mol. The first kappa shape index (κ1) is 20.2. The molecule has 0 aliphatic carbocycles. The first-order chi connectivity index (χ1) is 13.1. The van der Waals surface area contributed by atoms with Gasteiger partial charge in [0.05, 0.1) is 17.8 Å².